The van der Waals surface area contributed by atoms with Gasteiger partial charge in [-0.05, 0) is 49.2 Å². The average molecular weight is 395 g/mol. The molecule has 0 bridgehead atoms. The number of hydrogen-bond acceptors (Lipinski definition) is 7. The second-order valence-corrected chi connectivity index (χ2v) is 6.87. The standard InChI is InChI=1S/C21H21N3O3S/c1-3-26-20(25)19-15(2)23-21(28-19)24-22-13-16-9-11-18(12-10-16)27-14-17-7-5-4-6-8-17/h4-13H,3,14H2,1-2H3,(H,23,24)/b22-13-. The molecular formula is C21H21N3O3S. The van der Waals surface area contributed by atoms with Crippen LogP contribution in [0, 0.1) is 6.92 Å². The molecular weight excluding hydrogens is 374 g/mol. The van der Waals surface area contributed by atoms with E-state index in [0.29, 0.717) is 28.9 Å². The number of hydrazone groups is 1. The lowest BCUT2D eigenvalue weighted by Crippen LogP contribution is -2.03. The van der Waals surface area contributed by atoms with Crippen LogP contribution in [-0.4, -0.2) is 23.8 Å². The van der Waals surface area contributed by atoms with Crippen molar-refractivity contribution in [2.75, 3.05) is 12.0 Å². The molecule has 144 valence electrons. The van der Waals surface area contributed by atoms with E-state index < -0.39 is 0 Å². The molecule has 0 fully saturated rings. The van der Waals surface area contributed by atoms with Gasteiger partial charge in [-0.3, -0.25) is 5.43 Å². The monoisotopic (exact) mass is 395 g/mol. The fraction of sp³-hybridized carbons (Fsp3) is 0.190. The summed E-state index contributed by atoms with van der Waals surface area (Å²) in [4.78, 5) is 16.6. The zero-order chi connectivity index (χ0) is 19.8. The van der Waals surface area contributed by atoms with E-state index in [1.165, 1.54) is 11.3 Å². The number of thiazole rings is 1. The van der Waals surface area contributed by atoms with Crippen molar-refractivity contribution in [3.63, 3.8) is 0 Å². The molecule has 0 saturated carbocycles. The molecule has 0 atom stereocenters. The van der Waals surface area contributed by atoms with Gasteiger partial charge < -0.3 is 9.47 Å². The van der Waals surface area contributed by atoms with E-state index in [1.54, 1.807) is 20.1 Å². The van der Waals surface area contributed by atoms with Crippen LogP contribution < -0.4 is 10.2 Å². The van der Waals surface area contributed by atoms with Gasteiger partial charge >= 0.3 is 5.97 Å². The molecule has 2 aromatic carbocycles. The molecule has 28 heavy (non-hydrogen) atoms. The first kappa shape index (κ1) is 19.6. The molecule has 3 aromatic rings. The highest BCUT2D eigenvalue weighted by molar-refractivity contribution is 7.17. The molecule has 0 unspecified atom stereocenters. The maximum Gasteiger partial charge on any atom is 0.350 e. The molecule has 0 aliphatic heterocycles. The van der Waals surface area contributed by atoms with Gasteiger partial charge in [0, 0.05) is 0 Å². The quantitative estimate of drug-likeness (QED) is 0.341. The molecule has 1 aromatic heterocycles. The number of benzene rings is 2. The van der Waals surface area contributed by atoms with Crippen LogP contribution >= 0.6 is 11.3 Å². The van der Waals surface area contributed by atoms with E-state index in [2.05, 4.69) is 15.5 Å². The minimum Gasteiger partial charge on any atom is -0.489 e. The Morgan fingerprint density at radius 2 is 1.93 bits per heavy atom. The highest BCUT2D eigenvalue weighted by Crippen LogP contribution is 2.23. The number of carbonyl (C=O) groups is 1. The lowest BCUT2D eigenvalue weighted by Gasteiger charge is -2.06. The van der Waals surface area contributed by atoms with Gasteiger partial charge in [-0.2, -0.15) is 5.10 Å². The third-order valence-electron chi connectivity index (χ3n) is 3.76. The smallest absolute Gasteiger partial charge is 0.350 e. The van der Waals surface area contributed by atoms with Gasteiger partial charge in [0.25, 0.3) is 0 Å². The number of rotatable bonds is 8. The predicted octanol–water partition coefficient (Wildman–Crippen LogP) is 4.65. The lowest BCUT2D eigenvalue weighted by atomic mass is 10.2. The summed E-state index contributed by atoms with van der Waals surface area (Å²) in [6, 6.07) is 17.7. The Bertz CT molecular complexity index is 937. The van der Waals surface area contributed by atoms with Crippen molar-refractivity contribution in [1.29, 1.82) is 0 Å². The highest BCUT2D eigenvalue weighted by Gasteiger charge is 2.15. The van der Waals surface area contributed by atoms with Crippen LogP contribution in [0.5, 0.6) is 5.75 Å². The number of aromatic nitrogens is 1. The number of carbonyl (C=O) groups excluding carboxylic acids is 1. The summed E-state index contributed by atoms with van der Waals surface area (Å²) in [7, 11) is 0. The number of nitrogens with zero attached hydrogens (tertiary/aromatic N) is 2. The first-order valence-corrected chi connectivity index (χ1v) is 9.67. The topological polar surface area (TPSA) is 72.8 Å². The molecule has 7 heteroatoms. The van der Waals surface area contributed by atoms with Crippen molar-refractivity contribution >= 4 is 28.7 Å². The number of nitrogens with one attached hydrogen (secondary N) is 1. The van der Waals surface area contributed by atoms with Crippen LogP contribution in [0.25, 0.3) is 0 Å². The van der Waals surface area contributed by atoms with Gasteiger partial charge in [-0.1, -0.05) is 41.7 Å². The number of ether oxygens (including phenoxy) is 2. The fourth-order valence-electron chi connectivity index (χ4n) is 2.38. The van der Waals surface area contributed by atoms with Crippen LogP contribution in [0.3, 0.4) is 0 Å². The van der Waals surface area contributed by atoms with Crippen molar-refractivity contribution < 1.29 is 14.3 Å². The van der Waals surface area contributed by atoms with Crippen molar-refractivity contribution in [3.8, 4) is 5.75 Å². The predicted molar refractivity (Wildman–Crippen MR) is 111 cm³/mol. The molecule has 1 N–H and O–H groups in total. The summed E-state index contributed by atoms with van der Waals surface area (Å²) in [6.45, 7) is 4.41. The Morgan fingerprint density at radius 1 is 1.18 bits per heavy atom. The summed E-state index contributed by atoms with van der Waals surface area (Å²) in [5.74, 6) is 0.434. The molecule has 1 heterocycles. The van der Waals surface area contributed by atoms with Gasteiger partial charge in [0.1, 0.15) is 17.2 Å². The molecule has 6 nitrogen and oxygen atoms in total. The van der Waals surface area contributed by atoms with Crippen molar-refractivity contribution in [3.05, 3.63) is 76.3 Å². The van der Waals surface area contributed by atoms with Crippen LogP contribution in [-0.2, 0) is 11.3 Å². The van der Waals surface area contributed by atoms with Gasteiger partial charge in [0.2, 0.25) is 5.13 Å². The van der Waals surface area contributed by atoms with Crippen molar-refractivity contribution in [1.82, 2.24) is 4.98 Å². The van der Waals surface area contributed by atoms with E-state index in [1.807, 2.05) is 54.6 Å². The molecule has 0 radical (unpaired) electrons. The van der Waals surface area contributed by atoms with Gasteiger partial charge in [0.05, 0.1) is 18.5 Å². The van der Waals surface area contributed by atoms with Gasteiger partial charge in [-0.15, -0.1) is 0 Å². The zero-order valence-electron chi connectivity index (χ0n) is 15.7. The van der Waals surface area contributed by atoms with Gasteiger partial charge in [-0.25, -0.2) is 9.78 Å². The minimum atomic E-state index is -0.361. The summed E-state index contributed by atoms with van der Waals surface area (Å²) in [5, 5.41) is 4.72. The molecule has 0 amide bonds. The third kappa shape index (κ3) is 5.40. The Morgan fingerprint density at radius 3 is 2.64 bits per heavy atom. The molecule has 3 rings (SSSR count). The first-order chi connectivity index (χ1) is 13.7. The molecule has 0 aliphatic rings. The second kappa shape index (κ2) is 9.66. The second-order valence-electron chi connectivity index (χ2n) is 5.87. The largest absolute Gasteiger partial charge is 0.489 e. The van der Waals surface area contributed by atoms with E-state index in [0.717, 1.165) is 16.9 Å². The SMILES string of the molecule is CCOC(=O)c1sc(N/N=C\c2ccc(OCc3ccccc3)cc2)nc1C. The summed E-state index contributed by atoms with van der Waals surface area (Å²) >= 11 is 1.22. The highest BCUT2D eigenvalue weighted by atomic mass is 32.1. The first-order valence-electron chi connectivity index (χ1n) is 8.86. The number of aryl methyl sites for hydroxylation is 1. The van der Waals surface area contributed by atoms with Crippen LogP contribution in [0.4, 0.5) is 5.13 Å². The van der Waals surface area contributed by atoms with Crippen LogP contribution in [0.1, 0.15) is 33.4 Å². The van der Waals surface area contributed by atoms with E-state index in [4.69, 9.17) is 9.47 Å². The maximum absolute atomic E-state index is 11.8. The van der Waals surface area contributed by atoms with Crippen molar-refractivity contribution in [2.24, 2.45) is 5.10 Å². The fourth-order valence-corrected chi connectivity index (χ4v) is 3.19. The zero-order valence-corrected chi connectivity index (χ0v) is 16.5. The van der Waals surface area contributed by atoms with Crippen LogP contribution in [0.2, 0.25) is 0 Å². The maximum atomic E-state index is 11.8. The lowest BCUT2D eigenvalue weighted by molar-refractivity contribution is 0.0531. The normalized spacial score (nSPS) is 10.8. The average Bonchev–Trinajstić information content (AvgIpc) is 3.09. The van der Waals surface area contributed by atoms with E-state index >= 15 is 0 Å². The Hall–Kier alpha value is -3.19. The molecule has 0 aliphatic carbocycles. The summed E-state index contributed by atoms with van der Waals surface area (Å²) < 4.78 is 10.8. The molecule has 0 spiro atoms. The van der Waals surface area contributed by atoms with E-state index in [-0.39, 0.29) is 5.97 Å². The van der Waals surface area contributed by atoms with E-state index in [9.17, 15) is 4.79 Å². The van der Waals surface area contributed by atoms with Gasteiger partial charge in [0.15, 0.2) is 0 Å². The summed E-state index contributed by atoms with van der Waals surface area (Å²) in [5.41, 5.74) is 5.52. The Balaban J connectivity index is 1.53. The molecule has 0 saturated heterocycles. The number of hydrogen-bond donors (Lipinski definition) is 1. The Labute approximate surface area is 167 Å². The Kier molecular flexibility index (Phi) is 6.75. The minimum absolute atomic E-state index is 0.335. The third-order valence-corrected chi connectivity index (χ3v) is 4.80. The number of anilines is 1. The number of esters is 1. The summed E-state index contributed by atoms with van der Waals surface area (Å²) in [6.07, 6.45) is 1.68. The van der Waals surface area contributed by atoms with Crippen LogP contribution in [0.15, 0.2) is 59.7 Å². The van der Waals surface area contributed by atoms with Crippen molar-refractivity contribution in [2.45, 2.75) is 20.5 Å².